The summed E-state index contributed by atoms with van der Waals surface area (Å²) in [5.74, 6) is 1.91. The summed E-state index contributed by atoms with van der Waals surface area (Å²) in [6, 6.07) is 21.9. The van der Waals surface area contributed by atoms with Crippen LogP contribution in [0, 0.1) is 0 Å². The summed E-state index contributed by atoms with van der Waals surface area (Å²) in [5.41, 5.74) is 3.43. The number of pyridine rings is 1. The summed E-state index contributed by atoms with van der Waals surface area (Å²) in [5, 5.41) is 23.8. The number of anilines is 2. The molecule has 6 heteroatoms. The Morgan fingerprint density at radius 2 is 1.59 bits per heavy atom. The van der Waals surface area contributed by atoms with Crippen LogP contribution in [0.2, 0.25) is 0 Å². The standard InChI is InChI=1S/C26H27N3O3/c1-29(2)14-3-15-32-23-11-6-20(7-12-23)27-26-24(18-4-8-21(30)9-5-18)17-19-16-22(31)10-13-25(19)28-26/h4-13,16-17,30-31H,3,14-15H2,1-2H3,(H,27,28). The van der Waals surface area contributed by atoms with Crippen molar-refractivity contribution in [1.82, 2.24) is 9.88 Å². The molecule has 0 aliphatic rings. The van der Waals surface area contributed by atoms with Gasteiger partial charge in [-0.25, -0.2) is 4.98 Å². The van der Waals surface area contributed by atoms with Crippen molar-refractivity contribution >= 4 is 22.4 Å². The van der Waals surface area contributed by atoms with Gasteiger partial charge in [0.1, 0.15) is 23.1 Å². The Labute approximate surface area is 187 Å². The molecule has 0 amide bonds. The Kier molecular flexibility index (Phi) is 6.42. The summed E-state index contributed by atoms with van der Waals surface area (Å²) in [6.45, 7) is 1.67. The van der Waals surface area contributed by atoms with Crippen molar-refractivity contribution in [3.8, 4) is 28.4 Å². The fourth-order valence-corrected chi connectivity index (χ4v) is 3.46. The molecule has 0 aliphatic carbocycles. The van der Waals surface area contributed by atoms with Gasteiger partial charge in [-0.2, -0.15) is 0 Å². The van der Waals surface area contributed by atoms with Gasteiger partial charge in [0.25, 0.3) is 0 Å². The number of aromatic hydroxyl groups is 2. The molecular formula is C26H27N3O3. The summed E-state index contributed by atoms with van der Waals surface area (Å²) in [7, 11) is 4.10. The van der Waals surface area contributed by atoms with Gasteiger partial charge in [-0.15, -0.1) is 0 Å². The van der Waals surface area contributed by atoms with Gasteiger partial charge in [0.15, 0.2) is 0 Å². The molecule has 164 valence electrons. The van der Waals surface area contributed by atoms with E-state index in [4.69, 9.17) is 9.72 Å². The molecule has 0 radical (unpaired) electrons. The highest BCUT2D eigenvalue weighted by molar-refractivity contribution is 5.91. The monoisotopic (exact) mass is 429 g/mol. The summed E-state index contributed by atoms with van der Waals surface area (Å²) < 4.78 is 5.82. The molecule has 4 rings (SSSR count). The Morgan fingerprint density at radius 1 is 0.875 bits per heavy atom. The van der Waals surface area contributed by atoms with Crippen LogP contribution in [0.3, 0.4) is 0 Å². The van der Waals surface area contributed by atoms with E-state index in [-0.39, 0.29) is 11.5 Å². The lowest BCUT2D eigenvalue weighted by Crippen LogP contribution is -2.15. The van der Waals surface area contributed by atoms with Gasteiger partial charge in [-0.3, -0.25) is 0 Å². The molecule has 0 unspecified atom stereocenters. The fraction of sp³-hybridized carbons (Fsp3) is 0.192. The van der Waals surface area contributed by atoms with Crippen molar-refractivity contribution < 1.29 is 14.9 Å². The van der Waals surface area contributed by atoms with Gasteiger partial charge < -0.3 is 25.2 Å². The molecule has 3 aromatic carbocycles. The molecule has 3 N–H and O–H groups in total. The van der Waals surface area contributed by atoms with Crippen molar-refractivity contribution in [2.24, 2.45) is 0 Å². The van der Waals surface area contributed by atoms with Gasteiger partial charge in [0.2, 0.25) is 0 Å². The van der Waals surface area contributed by atoms with Crippen LogP contribution in [0.4, 0.5) is 11.5 Å². The molecule has 4 aromatic rings. The maximum atomic E-state index is 9.87. The minimum Gasteiger partial charge on any atom is -0.508 e. The average Bonchev–Trinajstić information content (AvgIpc) is 2.78. The van der Waals surface area contributed by atoms with Gasteiger partial charge in [-0.1, -0.05) is 12.1 Å². The molecule has 0 bridgehead atoms. The maximum absolute atomic E-state index is 9.87. The summed E-state index contributed by atoms with van der Waals surface area (Å²) in [4.78, 5) is 6.93. The SMILES string of the molecule is CN(C)CCCOc1ccc(Nc2nc3ccc(O)cc3cc2-c2ccc(O)cc2)cc1. The van der Waals surface area contributed by atoms with Crippen molar-refractivity contribution in [2.75, 3.05) is 32.6 Å². The van der Waals surface area contributed by atoms with Crippen molar-refractivity contribution in [3.05, 3.63) is 72.8 Å². The fourth-order valence-electron chi connectivity index (χ4n) is 3.46. The Bertz CT molecular complexity index is 1190. The quantitative estimate of drug-likeness (QED) is 0.326. The molecule has 0 fully saturated rings. The number of nitrogens with one attached hydrogen (secondary N) is 1. The van der Waals surface area contributed by atoms with Crippen molar-refractivity contribution in [1.29, 1.82) is 0 Å². The van der Waals surface area contributed by atoms with Gasteiger partial charge in [0.05, 0.1) is 12.1 Å². The topological polar surface area (TPSA) is 77.9 Å². The first kappa shape index (κ1) is 21.5. The molecule has 1 heterocycles. The van der Waals surface area contributed by atoms with Gasteiger partial charge >= 0.3 is 0 Å². The number of benzene rings is 3. The molecule has 0 saturated heterocycles. The molecule has 0 atom stereocenters. The van der Waals surface area contributed by atoms with Gasteiger partial charge in [0, 0.05) is 23.2 Å². The number of ether oxygens (including phenoxy) is 1. The number of hydrogen-bond acceptors (Lipinski definition) is 6. The predicted octanol–water partition coefficient (Wildman–Crippen LogP) is 5.39. The first-order valence-electron chi connectivity index (χ1n) is 10.6. The number of hydrogen-bond donors (Lipinski definition) is 3. The number of phenolic OH excluding ortho intramolecular Hbond substituents is 2. The second-order valence-electron chi connectivity index (χ2n) is 7.96. The van der Waals surface area contributed by atoms with Crippen LogP contribution in [-0.4, -0.2) is 47.3 Å². The number of rotatable bonds is 8. The Balaban J connectivity index is 1.59. The minimum atomic E-state index is 0.192. The third-order valence-corrected chi connectivity index (χ3v) is 5.11. The zero-order valence-electron chi connectivity index (χ0n) is 18.2. The van der Waals surface area contributed by atoms with Crippen molar-refractivity contribution in [2.45, 2.75) is 6.42 Å². The first-order valence-corrected chi connectivity index (χ1v) is 10.6. The second kappa shape index (κ2) is 9.58. The molecule has 0 aliphatic heterocycles. The lowest BCUT2D eigenvalue weighted by atomic mass is 10.0. The Hall–Kier alpha value is -3.77. The highest BCUT2D eigenvalue weighted by Crippen LogP contribution is 2.34. The number of fused-ring (bicyclic) bond motifs is 1. The minimum absolute atomic E-state index is 0.192. The number of phenols is 2. The molecule has 0 spiro atoms. The molecule has 32 heavy (non-hydrogen) atoms. The zero-order valence-corrected chi connectivity index (χ0v) is 18.2. The highest BCUT2D eigenvalue weighted by Gasteiger charge is 2.11. The van der Waals surface area contributed by atoms with E-state index >= 15 is 0 Å². The van der Waals surface area contributed by atoms with Crippen molar-refractivity contribution in [3.63, 3.8) is 0 Å². The highest BCUT2D eigenvalue weighted by atomic mass is 16.5. The van der Waals surface area contributed by atoms with Crippen LogP contribution < -0.4 is 10.1 Å². The lowest BCUT2D eigenvalue weighted by Gasteiger charge is -2.14. The third kappa shape index (κ3) is 5.28. The van der Waals surface area contributed by atoms with Crippen LogP contribution >= 0.6 is 0 Å². The van der Waals surface area contributed by atoms with E-state index in [0.717, 1.165) is 46.4 Å². The number of aromatic nitrogens is 1. The van der Waals surface area contributed by atoms with E-state index < -0.39 is 0 Å². The summed E-state index contributed by atoms with van der Waals surface area (Å²) in [6.07, 6.45) is 0.972. The van der Waals surface area contributed by atoms with E-state index in [2.05, 4.69) is 24.3 Å². The first-order chi connectivity index (χ1) is 15.5. The maximum Gasteiger partial charge on any atom is 0.138 e. The van der Waals surface area contributed by atoms with Crippen LogP contribution in [0.5, 0.6) is 17.2 Å². The Morgan fingerprint density at radius 3 is 2.31 bits per heavy atom. The molecule has 1 aromatic heterocycles. The molecular weight excluding hydrogens is 402 g/mol. The second-order valence-corrected chi connectivity index (χ2v) is 7.96. The van der Waals surface area contributed by atoms with Crippen LogP contribution in [0.1, 0.15) is 6.42 Å². The van der Waals surface area contributed by atoms with Crippen LogP contribution in [0.25, 0.3) is 22.0 Å². The van der Waals surface area contributed by atoms with Crippen LogP contribution in [-0.2, 0) is 0 Å². The molecule has 6 nitrogen and oxygen atoms in total. The average molecular weight is 430 g/mol. The smallest absolute Gasteiger partial charge is 0.138 e. The molecule has 0 saturated carbocycles. The van der Waals surface area contributed by atoms with E-state index in [1.807, 2.05) is 42.5 Å². The third-order valence-electron chi connectivity index (χ3n) is 5.11. The largest absolute Gasteiger partial charge is 0.508 e. The summed E-state index contributed by atoms with van der Waals surface area (Å²) >= 11 is 0. The van der Waals surface area contributed by atoms with E-state index in [0.29, 0.717) is 12.4 Å². The lowest BCUT2D eigenvalue weighted by molar-refractivity contribution is 0.281. The van der Waals surface area contributed by atoms with Crippen LogP contribution in [0.15, 0.2) is 72.8 Å². The zero-order chi connectivity index (χ0) is 22.5. The number of nitrogens with zero attached hydrogens (tertiary/aromatic N) is 2. The van der Waals surface area contributed by atoms with E-state index in [1.54, 1.807) is 30.3 Å². The predicted molar refractivity (Wildman–Crippen MR) is 129 cm³/mol. The van der Waals surface area contributed by atoms with E-state index in [1.165, 1.54) is 0 Å². The van der Waals surface area contributed by atoms with Gasteiger partial charge in [-0.05, 0) is 86.7 Å². The van der Waals surface area contributed by atoms with E-state index in [9.17, 15) is 10.2 Å². The normalized spacial score (nSPS) is 11.1.